The van der Waals surface area contributed by atoms with Crippen LogP contribution >= 0.6 is 12.2 Å². The Bertz CT molecular complexity index is 1090. The first-order valence-corrected chi connectivity index (χ1v) is 9.36. The van der Waals surface area contributed by atoms with Gasteiger partial charge in [0.15, 0.2) is 16.6 Å². The van der Waals surface area contributed by atoms with Crippen LogP contribution < -0.4 is 15.2 Å². The van der Waals surface area contributed by atoms with Crippen molar-refractivity contribution in [2.24, 2.45) is 17.9 Å². The number of ether oxygens (including phenoxy) is 2. The van der Waals surface area contributed by atoms with Gasteiger partial charge in [-0.2, -0.15) is 5.10 Å². The lowest BCUT2D eigenvalue weighted by molar-refractivity contribution is 0.355. The van der Waals surface area contributed by atoms with Crippen molar-refractivity contribution in [3.8, 4) is 11.5 Å². The lowest BCUT2D eigenvalue weighted by Crippen LogP contribution is -2.31. The van der Waals surface area contributed by atoms with E-state index in [1.54, 1.807) is 19.2 Å². The van der Waals surface area contributed by atoms with E-state index in [0.717, 1.165) is 16.8 Å². The Balaban J connectivity index is 1.75. The van der Waals surface area contributed by atoms with Crippen molar-refractivity contribution in [2.45, 2.75) is 12.5 Å². The number of methoxy groups -OCH3 is 2. The molecule has 1 atom stereocenters. The highest BCUT2D eigenvalue weighted by atomic mass is 32.1. The van der Waals surface area contributed by atoms with Gasteiger partial charge in [0.2, 0.25) is 0 Å². The number of aromatic nitrogens is 1. The molecule has 2 N–H and O–H groups in total. The molecule has 2 heterocycles. The highest BCUT2D eigenvalue weighted by molar-refractivity contribution is 7.80. The Kier molecular flexibility index (Phi) is 4.68. The fourth-order valence-electron chi connectivity index (χ4n) is 3.78. The predicted molar refractivity (Wildman–Crippen MR) is 115 cm³/mol. The van der Waals surface area contributed by atoms with Gasteiger partial charge >= 0.3 is 0 Å². The van der Waals surface area contributed by atoms with Crippen molar-refractivity contribution >= 4 is 33.9 Å². The number of hydrogen-bond acceptors (Lipinski definition) is 4. The van der Waals surface area contributed by atoms with Gasteiger partial charge in [-0.1, -0.05) is 18.2 Å². The van der Waals surface area contributed by atoms with Crippen molar-refractivity contribution in [3.63, 3.8) is 0 Å². The maximum absolute atomic E-state index is 6.02. The molecule has 0 fully saturated rings. The Morgan fingerprint density at radius 2 is 1.89 bits per heavy atom. The van der Waals surface area contributed by atoms with Gasteiger partial charge in [-0.3, -0.25) is 0 Å². The minimum atomic E-state index is -0.0494. The molecule has 0 saturated heterocycles. The molecular weight excluding hydrogens is 372 g/mol. The highest BCUT2D eigenvalue weighted by Crippen LogP contribution is 2.38. The van der Waals surface area contributed by atoms with Gasteiger partial charge < -0.3 is 19.8 Å². The maximum atomic E-state index is 6.02. The first-order valence-electron chi connectivity index (χ1n) is 8.96. The minimum Gasteiger partial charge on any atom is -0.493 e. The second kappa shape index (κ2) is 7.16. The second-order valence-electron chi connectivity index (χ2n) is 6.73. The maximum Gasteiger partial charge on any atom is 0.187 e. The highest BCUT2D eigenvalue weighted by Gasteiger charge is 2.32. The Morgan fingerprint density at radius 3 is 2.61 bits per heavy atom. The molecule has 0 spiro atoms. The van der Waals surface area contributed by atoms with Gasteiger partial charge in [-0.25, -0.2) is 5.01 Å². The zero-order valence-corrected chi connectivity index (χ0v) is 16.9. The third-order valence-electron chi connectivity index (χ3n) is 5.14. The van der Waals surface area contributed by atoms with Crippen molar-refractivity contribution in [3.05, 3.63) is 59.8 Å². The summed E-state index contributed by atoms with van der Waals surface area (Å²) in [7, 11) is 5.29. The molecular formula is C21H22N4O2S. The first kappa shape index (κ1) is 18.3. The monoisotopic (exact) mass is 394 g/mol. The van der Waals surface area contributed by atoms with Gasteiger partial charge in [0, 0.05) is 41.7 Å². The lowest BCUT2D eigenvalue weighted by Gasteiger charge is -2.21. The standard InChI is InChI=1S/C21H22N4O2S/c1-24-12-15(14-6-4-5-7-17(14)24)18-11-16(23-25(18)21(22)28)13-8-9-19(26-2)20(10-13)27-3/h4-10,12,18H,11H2,1-3H3,(H2,22,28). The molecule has 4 rings (SSSR count). The van der Waals surface area contributed by atoms with Crippen LogP contribution in [0.2, 0.25) is 0 Å². The van der Waals surface area contributed by atoms with Crippen molar-refractivity contribution in [1.29, 1.82) is 0 Å². The molecule has 3 aromatic rings. The number of benzene rings is 2. The first-order chi connectivity index (χ1) is 13.5. The number of nitrogens with two attached hydrogens (primary N) is 1. The molecule has 1 aliphatic rings. The molecule has 0 bridgehead atoms. The van der Waals surface area contributed by atoms with Crippen molar-refractivity contribution in [1.82, 2.24) is 9.58 Å². The predicted octanol–water partition coefficient (Wildman–Crippen LogP) is 3.59. The summed E-state index contributed by atoms with van der Waals surface area (Å²) in [4.78, 5) is 0. The molecule has 0 amide bonds. The van der Waals surface area contributed by atoms with Crippen LogP contribution in [0.25, 0.3) is 10.9 Å². The molecule has 1 unspecified atom stereocenters. The number of hydrazone groups is 1. The second-order valence-corrected chi connectivity index (χ2v) is 7.15. The van der Waals surface area contributed by atoms with E-state index in [1.807, 2.05) is 37.4 Å². The average molecular weight is 395 g/mol. The number of thiocarbonyl (C=S) groups is 1. The van der Waals surface area contributed by atoms with Gasteiger partial charge in [-0.05, 0) is 36.5 Å². The summed E-state index contributed by atoms with van der Waals surface area (Å²) in [5.41, 5.74) is 10.2. The lowest BCUT2D eigenvalue weighted by atomic mass is 9.98. The van der Waals surface area contributed by atoms with Gasteiger partial charge in [0.05, 0.1) is 26.0 Å². The largest absolute Gasteiger partial charge is 0.493 e. The number of aryl methyl sites for hydroxylation is 1. The summed E-state index contributed by atoms with van der Waals surface area (Å²) in [6.07, 6.45) is 2.83. The third kappa shape index (κ3) is 2.97. The molecule has 1 aliphatic heterocycles. The normalized spacial score (nSPS) is 16.3. The zero-order valence-electron chi connectivity index (χ0n) is 16.0. The molecule has 1 aromatic heterocycles. The molecule has 2 aromatic carbocycles. The SMILES string of the molecule is COc1ccc(C2=NN(C(N)=S)C(c3cn(C)c4ccccc34)C2)cc1OC. The molecule has 28 heavy (non-hydrogen) atoms. The Hall–Kier alpha value is -3.06. The van der Waals surface area contributed by atoms with E-state index < -0.39 is 0 Å². The number of hydrogen-bond donors (Lipinski definition) is 1. The zero-order chi connectivity index (χ0) is 19.8. The van der Waals surface area contributed by atoms with Gasteiger partial charge in [-0.15, -0.1) is 0 Å². The van der Waals surface area contributed by atoms with E-state index in [9.17, 15) is 0 Å². The van der Waals surface area contributed by atoms with E-state index in [4.69, 9.17) is 32.5 Å². The van der Waals surface area contributed by atoms with Crippen LogP contribution in [0.1, 0.15) is 23.6 Å². The van der Waals surface area contributed by atoms with Crippen LogP contribution in [0.5, 0.6) is 11.5 Å². The summed E-state index contributed by atoms with van der Waals surface area (Å²) < 4.78 is 12.9. The quantitative estimate of drug-likeness (QED) is 0.685. The van der Waals surface area contributed by atoms with E-state index in [-0.39, 0.29) is 11.2 Å². The number of fused-ring (bicyclic) bond motifs is 1. The number of nitrogens with zero attached hydrogens (tertiary/aromatic N) is 3. The van der Waals surface area contributed by atoms with E-state index in [0.29, 0.717) is 17.9 Å². The van der Waals surface area contributed by atoms with Crippen LogP contribution in [-0.2, 0) is 7.05 Å². The van der Waals surface area contributed by atoms with Gasteiger partial charge in [0.25, 0.3) is 0 Å². The molecule has 0 aliphatic carbocycles. The summed E-state index contributed by atoms with van der Waals surface area (Å²) in [5, 5.41) is 7.92. The average Bonchev–Trinajstić information content (AvgIpc) is 3.29. The van der Waals surface area contributed by atoms with Crippen LogP contribution in [0.4, 0.5) is 0 Å². The van der Waals surface area contributed by atoms with Crippen molar-refractivity contribution < 1.29 is 9.47 Å². The Labute approximate surface area is 169 Å². The smallest absolute Gasteiger partial charge is 0.187 e. The summed E-state index contributed by atoms with van der Waals surface area (Å²) >= 11 is 5.30. The van der Waals surface area contributed by atoms with E-state index in [2.05, 4.69) is 22.9 Å². The van der Waals surface area contributed by atoms with Gasteiger partial charge in [0.1, 0.15) is 0 Å². The number of para-hydroxylation sites is 1. The molecule has 7 heteroatoms. The minimum absolute atomic E-state index is 0.0494. The summed E-state index contributed by atoms with van der Waals surface area (Å²) in [6, 6.07) is 14.1. The fourth-order valence-corrected chi connectivity index (χ4v) is 3.95. The summed E-state index contributed by atoms with van der Waals surface area (Å²) in [6.45, 7) is 0. The van der Waals surface area contributed by atoms with Crippen LogP contribution in [0.3, 0.4) is 0 Å². The molecule has 144 valence electrons. The van der Waals surface area contributed by atoms with Crippen LogP contribution in [0, 0.1) is 0 Å². The molecule has 0 radical (unpaired) electrons. The topological polar surface area (TPSA) is 65.0 Å². The molecule has 0 saturated carbocycles. The fraction of sp³-hybridized carbons (Fsp3) is 0.238. The van der Waals surface area contributed by atoms with Crippen LogP contribution in [0.15, 0.2) is 53.8 Å². The van der Waals surface area contributed by atoms with Crippen LogP contribution in [-0.4, -0.2) is 34.6 Å². The van der Waals surface area contributed by atoms with E-state index in [1.165, 1.54) is 10.9 Å². The van der Waals surface area contributed by atoms with E-state index >= 15 is 0 Å². The van der Waals surface area contributed by atoms with Crippen molar-refractivity contribution in [2.75, 3.05) is 14.2 Å². The molecule has 6 nitrogen and oxygen atoms in total. The third-order valence-corrected chi connectivity index (χ3v) is 5.33. The Morgan fingerprint density at radius 1 is 1.14 bits per heavy atom. The number of rotatable bonds is 4. The summed E-state index contributed by atoms with van der Waals surface area (Å²) in [5.74, 6) is 1.35.